The summed E-state index contributed by atoms with van der Waals surface area (Å²) in [6.45, 7) is 7.97. The number of aryl methyl sites for hydroxylation is 4. The van der Waals surface area contributed by atoms with Gasteiger partial charge in [0, 0.05) is 60.6 Å². The molecule has 40 heavy (non-hydrogen) atoms. The van der Waals surface area contributed by atoms with Crippen molar-refractivity contribution < 1.29 is 9.13 Å². The zero-order valence-electron chi connectivity index (χ0n) is 24.1. The van der Waals surface area contributed by atoms with Gasteiger partial charge >= 0.3 is 0 Å². The van der Waals surface area contributed by atoms with E-state index in [4.69, 9.17) is 0 Å². The minimum absolute atomic E-state index is 0.00645. The molecule has 5 aromatic rings. The fourth-order valence-electron chi connectivity index (χ4n) is 6.74. The lowest BCUT2D eigenvalue weighted by Gasteiger charge is -2.29. The average Bonchev–Trinajstić information content (AvgIpc) is 3.02. The maximum atomic E-state index is 2.67. The molecule has 2 nitrogen and oxygen atoms in total. The summed E-state index contributed by atoms with van der Waals surface area (Å²) in [6.07, 6.45) is 9.97. The number of hydrogen-bond donors (Lipinski definition) is 0. The van der Waals surface area contributed by atoms with Crippen LogP contribution in [0.4, 0.5) is 0 Å². The molecule has 0 radical (unpaired) electrons. The molecule has 3 aromatic carbocycles. The SMILES string of the molecule is CCC1(CC)CCc2ccccc2-c2cccc[n+]2CCc2ccccc2-c2cc(C)c(-c3ccccc3)c[n+]21. The molecule has 6 rings (SSSR count). The minimum atomic E-state index is -0.00645. The highest BCUT2D eigenvalue weighted by Crippen LogP contribution is 2.35. The van der Waals surface area contributed by atoms with Gasteiger partial charge in [-0.3, -0.25) is 0 Å². The van der Waals surface area contributed by atoms with Gasteiger partial charge in [-0.15, -0.1) is 0 Å². The number of nitrogens with zero attached hydrogens (tertiary/aromatic N) is 2. The van der Waals surface area contributed by atoms with Crippen LogP contribution in [0.15, 0.2) is 116 Å². The van der Waals surface area contributed by atoms with Crippen LogP contribution in [0.25, 0.3) is 33.6 Å². The highest BCUT2D eigenvalue weighted by Gasteiger charge is 2.40. The van der Waals surface area contributed by atoms with Crippen LogP contribution in [0.3, 0.4) is 0 Å². The van der Waals surface area contributed by atoms with Gasteiger partial charge in [-0.25, -0.2) is 0 Å². The van der Waals surface area contributed by atoms with Crippen molar-refractivity contribution in [3.05, 3.63) is 132 Å². The van der Waals surface area contributed by atoms with Crippen molar-refractivity contribution in [3.8, 4) is 33.6 Å². The Morgan fingerprint density at radius 3 is 2.00 bits per heavy atom. The van der Waals surface area contributed by atoms with Crippen molar-refractivity contribution in [3.63, 3.8) is 0 Å². The Morgan fingerprint density at radius 1 is 0.650 bits per heavy atom. The fourth-order valence-corrected chi connectivity index (χ4v) is 6.74. The lowest BCUT2D eigenvalue weighted by molar-refractivity contribution is -0.757. The Morgan fingerprint density at radius 2 is 1.27 bits per heavy atom. The summed E-state index contributed by atoms with van der Waals surface area (Å²) in [5, 5.41) is 0. The molecule has 200 valence electrons. The van der Waals surface area contributed by atoms with E-state index in [1.54, 1.807) is 0 Å². The van der Waals surface area contributed by atoms with Gasteiger partial charge in [0.15, 0.2) is 24.5 Å². The van der Waals surface area contributed by atoms with Gasteiger partial charge in [-0.2, -0.15) is 9.13 Å². The van der Waals surface area contributed by atoms with Crippen molar-refractivity contribution in [1.29, 1.82) is 0 Å². The standard InChI is InChI=1S/C38H40N2/c1-4-38(5-2)24-22-31-17-9-11-19-33(31)36-21-13-14-25-39(36)26-23-32-18-10-12-20-34(32)37-27-29(3)35(28-40(37)38)30-15-7-6-8-16-30/h6-21,25,27-28H,4-5,22-24,26H2,1-3H3/q+2. The first kappa shape index (κ1) is 26.2. The molecule has 2 heteroatoms. The second-order valence-electron chi connectivity index (χ2n) is 11.3. The quantitative estimate of drug-likeness (QED) is 0.210. The average molecular weight is 525 g/mol. The van der Waals surface area contributed by atoms with Crippen molar-refractivity contribution >= 4 is 0 Å². The number of rotatable bonds is 3. The highest BCUT2D eigenvalue weighted by molar-refractivity contribution is 5.70. The van der Waals surface area contributed by atoms with E-state index in [-0.39, 0.29) is 5.54 Å². The van der Waals surface area contributed by atoms with Crippen LogP contribution >= 0.6 is 0 Å². The smallest absolute Gasteiger partial charge is 0.198 e. The number of pyridine rings is 2. The third-order valence-electron chi connectivity index (χ3n) is 9.22. The predicted octanol–water partition coefficient (Wildman–Crippen LogP) is 8.28. The lowest BCUT2D eigenvalue weighted by atomic mass is 9.83. The van der Waals surface area contributed by atoms with Crippen molar-refractivity contribution in [2.24, 2.45) is 0 Å². The Hall–Kier alpha value is -4.04. The molecule has 0 unspecified atom stereocenters. The molecule has 0 atom stereocenters. The van der Waals surface area contributed by atoms with Crippen molar-refractivity contribution in [2.75, 3.05) is 0 Å². The molecular formula is C38H40N2+2. The number of fused-ring (bicyclic) bond motifs is 6. The molecular weight excluding hydrogens is 484 g/mol. The molecule has 2 aromatic heterocycles. The van der Waals surface area contributed by atoms with Crippen LogP contribution in [0.1, 0.15) is 49.8 Å². The zero-order valence-corrected chi connectivity index (χ0v) is 24.1. The highest BCUT2D eigenvalue weighted by atomic mass is 15.1. The van der Waals surface area contributed by atoms with Gasteiger partial charge < -0.3 is 0 Å². The summed E-state index contributed by atoms with van der Waals surface area (Å²) in [4.78, 5) is 0. The minimum Gasteiger partial charge on any atom is -0.198 e. The molecule has 0 amide bonds. The maximum absolute atomic E-state index is 2.67. The fraction of sp³-hybridized carbons (Fsp3) is 0.263. The van der Waals surface area contributed by atoms with Crippen molar-refractivity contribution in [1.82, 2.24) is 0 Å². The molecule has 1 aliphatic rings. The van der Waals surface area contributed by atoms with Gasteiger partial charge in [-0.1, -0.05) is 80.6 Å². The molecule has 0 saturated heterocycles. The molecule has 3 heterocycles. The van der Waals surface area contributed by atoms with E-state index in [1.807, 2.05) is 0 Å². The van der Waals surface area contributed by atoms with E-state index in [2.05, 4.69) is 145 Å². The van der Waals surface area contributed by atoms with E-state index in [9.17, 15) is 0 Å². The van der Waals surface area contributed by atoms with E-state index >= 15 is 0 Å². The lowest BCUT2D eigenvalue weighted by Crippen LogP contribution is -2.57. The van der Waals surface area contributed by atoms with Gasteiger partial charge in [0.2, 0.25) is 11.4 Å². The van der Waals surface area contributed by atoms with Crippen LogP contribution in [0.5, 0.6) is 0 Å². The zero-order chi connectivity index (χ0) is 27.5. The third-order valence-corrected chi connectivity index (χ3v) is 9.22. The molecule has 0 saturated carbocycles. The first-order valence-electron chi connectivity index (χ1n) is 14.9. The van der Waals surface area contributed by atoms with Crippen LogP contribution < -0.4 is 9.13 Å². The van der Waals surface area contributed by atoms with Crippen LogP contribution in [-0.2, 0) is 24.9 Å². The number of hydrogen-bond acceptors (Lipinski definition) is 0. The van der Waals surface area contributed by atoms with E-state index in [0.29, 0.717) is 0 Å². The van der Waals surface area contributed by atoms with Crippen molar-refractivity contribution in [2.45, 2.75) is 65.0 Å². The first-order chi connectivity index (χ1) is 19.6. The monoisotopic (exact) mass is 524 g/mol. The summed E-state index contributed by atoms with van der Waals surface area (Å²) in [7, 11) is 0. The summed E-state index contributed by atoms with van der Waals surface area (Å²) in [5.74, 6) is 0. The van der Waals surface area contributed by atoms with Crippen LogP contribution in [0.2, 0.25) is 0 Å². The van der Waals surface area contributed by atoms with Gasteiger partial charge in [0.05, 0.1) is 0 Å². The second kappa shape index (κ2) is 11.2. The topological polar surface area (TPSA) is 7.76 Å². The molecule has 1 aliphatic heterocycles. The second-order valence-corrected chi connectivity index (χ2v) is 11.3. The molecule has 0 aliphatic carbocycles. The largest absolute Gasteiger partial charge is 0.213 e. The van der Waals surface area contributed by atoms with Gasteiger partial charge in [-0.05, 0) is 53.8 Å². The Bertz CT molecular complexity index is 1630. The Balaban J connectivity index is 1.62. The normalized spacial score (nSPS) is 14.4. The third kappa shape index (κ3) is 4.77. The maximum Gasteiger partial charge on any atom is 0.213 e. The Labute approximate surface area is 239 Å². The first-order valence-corrected chi connectivity index (χ1v) is 14.9. The predicted molar refractivity (Wildman–Crippen MR) is 165 cm³/mol. The summed E-state index contributed by atoms with van der Waals surface area (Å²) in [6, 6.07) is 38.1. The van der Waals surface area contributed by atoms with Gasteiger partial charge in [0.1, 0.15) is 0 Å². The number of benzene rings is 3. The summed E-state index contributed by atoms with van der Waals surface area (Å²) >= 11 is 0. The number of aromatic nitrogens is 2. The molecule has 0 bridgehead atoms. The van der Waals surface area contributed by atoms with E-state index in [0.717, 1.165) is 38.6 Å². The van der Waals surface area contributed by atoms with E-state index < -0.39 is 0 Å². The molecule has 0 spiro atoms. The van der Waals surface area contributed by atoms with Crippen LogP contribution in [0, 0.1) is 6.92 Å². The van der Waals surface area contributed by atoms with Crippen LogP contribution in [-0.4, -0.2) is 0 Å². The molecule has 0 N–H and O–H groups in total. The van der Waals surface area contributed by atoms with Gasteiger partial charge in [0.25, 0.3) is 0 Å². The van der Waals surface area contributed by atoms with E-state index in [1.165, 1.54) is 50.3 Å². The Kier molecular flexibility index (Phi) is 7.34. The summed E-state index contributed by atoms with van der Waals surface area (Å²) < 4.78 is 5.11. The summed E-state index contributed by atoms with van der Waals surface area (Å²) in [5.41, 5.74) is 12.1. The molecule has 0 fully saturated rings.